The Bertz CT molecular complexity index is 1230. The fourth-order valence-corrected chi connectivity index (χ4v) is 4.79. The molecule has 1 aliphatic rings. The summed E-state index contributed by atoms with van der Waals surface area (Å²) in [5.41, 5.74) is 5.54. The molecule has 34 heavy (non-hydrogen) atoms. The number of methoxy groups -OCH3 is 3. The number of ether oxygens (including phenoxy) is 3. The van der Waals surface area contributed by atoms with E-state index in [1.54, 1.807) is 27.4 Å². The lowest BCUT2D eigenvalue weighted by Gasteiger charge is -2.19. The van der Waals surface area contributed by atoms with Crippen molar-refractivity contribution in [2.45, 2.75) is 31.8 Å². The van der Waals surface area contributed by atoms with Crippen molar-refractivity contribution in [3.63, 3.8) is 0 Å². The number of hydrogen-bond donors (Lipinski definition) is 2. The lowest BCUT2D eigenvalue weighted by molar-refractivity contribution is 0.324. The van der Waals surface area contributed by atoms with E-state index in [-0.39, 0.29) is 17.5 Å². The van der Waals surface area contributed by atoms with Crippen LogP contribution in [0.3, 0.4) is 0 Å². The minimum absolute atomic E-state index is 0.0117. The molecule has 0 saturated heterocycles. The van der Waals surface area contributed by atoms with Crippen LogP contribution in [0.4, 0.5) is 5.69 Å². The van der Waals surface area contributed by atoms with E-state index in [0.717, 1.165) is 40.7 Å². The molecule has 2 N–H and O–H groups in total. The zero-order valence-electron chi connectivity index (χ0n) is 20.4. The van der Waals surface area contributed by atoms with Crippen LogP contribution in [0, 0.1) is 0 Å². The van der Waals surface area contributed by atoms with Crippen LogP contribution in [0.2, 0.25) is 0 Å². The van der Waals surface area contributed by atoms with Gasteiger partial charge in [-0.25, -0.2) is 0 Å². The Morgan fingerprint density at radius 2 is 1.68 bits per heavy atom. The van der Waals surface area contributed by atoms with Crippen molar-refractivity contribution in [1.82, 2.24) is 5.32 Å². The fourth-order valence-electron chi connectivity index (χ4n) is 4.79. The molecule has 0 heterocycles. The normalized spacial score (nSPS) is 15.4. The molecule has 6 nitrogen and oxygen atoms in total. The fraction of sp³-hybridized carbons (Fsp3) is 0.321. The molecule has 178 valence electrons. The molecule has 6 heteroatoms. The molecule has 0 unspecified atom stereocenters. The van der Waals surface area contributed by atoms with E-state index < -0.39 is 0 Å². The van der Waals surface area contributed by atoms with Gasteiger partial charge in [-0.2, -0.15) is 0 Å². The van der Waals surface area contributed by atoms with Crippen molar-refractivity contribution < 1.29 is 14.2 Å². The lowest BCUT2D eigenvalue weighted by Crippen LogP contribution is -2.18. The van der Waals surface area contributed by atoms with Crippen molar-refractivity contribution in [1.29, 1.82) is 0 Å². The first-order chi connectivity index (χ1) is 16.5. The highest BCUT2D eigenvalue weighted by molar-refractivity contribution is 5.83. The first-order valence-electron chi connectivity index (χ1n) is 11.5. The highest BCUT2D eigenvalue weighted by Gasteiger charge is 2.28. The largest absolute Gasteiger partial charge is 0.493 e. The molecule has 0 spiro atoms. The number of benzene rings is 2. The molecular formula is C28H32N2O4. The third-order valence-corrected chi connectivity index (χ3v) is 6.56. The predicted molar refractivity (Wildman–Crippen MR) is 136 cm³/mol. The average molecular weight is 461 g/mol. The van der Waals surface area contributed by atoms with Crippen LogP contribution in [0.1, 0.15) is 42.1 Å². The summed E-state index contributed by atoms with van der Waals surface area (Å²) in [6.45, 7) is 2.05. The van der Waals surface area contributed by atoms with E-state index in [2.05, 4.69) is 29.7 Å². The summed E-state index contributed by atoms with van der Waals surface area (Å²) >= 11 is 0. The van der Waals surface area contributed by atoms with Crippen LogP contribution >= 0.6 is 0 Å². The van der Waals surface area contributed by atoms with Gasteiger partial charge in [0.2, 0.25) is 11.2 Å². The van der Waals surface area contributed by atoms with Gasteiger partial charge in [0.1, 0.15) is 0 Å². The SMILES string of the molecule is CN[C@H]1CCc2cc(OC)c(OC)c(OC)c2-c2ccc(N[C@H](C)c3ccccc3)c(=O)cc21. The zero-order valence-corrected chi connectivity index (χ0v) is 20.4. The molecule has 0 bridgehead atoms. The minimum Gasteiger partial charge on any atom is -0.493 e. The highest BCUT2D eigenvalue weighted by Crippen LogP contribution is 2.50. The Kier molecular flexibility index (Phi) is 7.08. The number of hydrogen-bond acceptors (Lipinski definition) is 6. The maximum atomic E-state index is 13.4. The zero-order chi connectivity index (χ0) is 24.2. The number of rotatable bonds is 7. The van der Waals surface area contributed by atoms with Gasteiger partial charge in [0.25, 0.3) is 0 Å². The monoisotopic (exact) mass is 460 g/mol. The van der Waals surface area contributed by atoms with Gasteiger partial charge in [0, 0.05) is 17.6 Å². The standard InChI is InChI=1S/C28H32N2O4/c1-17(18-9-7-6-8-10-18)30-23-14-12-20-21(16-24(23)31)22(29-2)13-11-19-15-25(32-3)27(33-4)28(34-5)26(19)20/h6-10,12,14-17,22,29H,11,13H2,1-5H3,(H,30,31)/t17-,22+/m1/s1. The van der Waals surface area contributed by atoms with Gasteiger partial charge in [-0.15, -0.1) is 0 Å². The van der Waals surface area contributed by atoms with E-state index in [1.807, 2.05) is 43.4 Å². The van der Waals surface area contributed by atoms with Crippen molar-refractivity contribution in [3.8, 4) is 28.4 Å². The molecular weight excluding hydrogens is 428 g/mol. The molecule has 2 atom stereocenters. The number of fused-ring (bicyclic) bond motifs is 3. The molecule has 0 aromatic heterocycles. The second-order valence-corrected chi connectivity index (χ2v) is 8.46. The number of nitrogens with one attached hydrogen (secondary N) is 2. The maximum Gasteiger partial charge on any atom is 0.203 e. The summed E-state index contributed by atoms with van der Waals surface area (Å²) in [6, 6.07) is 17.8. The second kappa shape index (κ2) is 10.2. The van der Waals surface area contributed by atoms with Crippen molar-refractivity contribution in [2.75, 3.05) is 33.7 Å². The molecule has 4 rings (SSSR count). The maximum absolute atomic E-state index is 13.4. The van der Waals surface area contributed by atoms with Gasteiger partial charge < -0.3 is 24.8 Å². The van der Waals surface area contributed by atoms with E-state index >= 15 is 0 Å². The summed E-state index contributed by atoms with van der Waals surface area (Å²) < 4.78 is 17.1. The quantitative estimate of drug-likeness (QED) is 0.510. The smallest absolute Gasteiger partial charge is 0.203 e. The summed E-state index contributed by atoms with van der Waals surface area (Å²) in [6.07, 6.45) is 1.64. The van der Waals surface area contributed by atoms with Crippen molar-refractivity contribution >= 4 is 5.69 Å². The van der Waals surface area contributed by atoms with Crippen molar-refractivity contribution in [2.24, 2.45) is 0 Å². The Morgan fingerprint density at radius 3 is 2.32 bits per heavy atom. The van der Waals surface area contributed by atoms with E-state index in [4.69, 9.17) is 14.2 Å². The number of aryl methyl sites for hydroxylation is 1. The topological polar surface area (TPSA) is 68.8 Å². The Balaban J connectivity index is 1.91. The minimum atomic E-state index is -0.0489. The highest BCUT2D eigenvalue weighted by atomic mass is 16.5. The van der Waals surface area contributed by atoms with Gasteiger partial charge in [0.05, 0.1) is 27.0 Å². The molecule has 3 aromatic carbocycles. The van der Waals surface area contributed by atoms with Gasteiger partial charge in [0.15, 0.2) is 11.5 Å². The molecule has 0 radical (unpaired) electrons. The lowest BCUT2D eigenvalue weighted by atomic mass is 9.95. The van der Waals surface area contributed by atoms with Crippen LogP contribution in [0.15, 0.2) is 59.4 Å². The van der Waals surface area contributed by atoms with Crippen LogP contribution in [0.25, 0.3) is 11.1 Å². The molecule has 1 aliphatic carbocycles. The molecule has 0 aliphatic heterocycles. The van der Waals surface area contributed by atoms with E-state index in [9.17, 15) is 4.79 Å². The molecule has 3 aromatic rings. The van der Waals surface area contributed by atoms with Gasteiger partial charge in [-0.3, -0.25) is 4.79 Å². The first kappa shape index (κ1) is 23.6. The summed E-state index contributed by atoms with van der Waals surface area (Å²) in [5, 5.41) is 6.80. The van der Waals surface area contributed by atoms with E-state index in [0.29, 0.717) is 22.9 Å². The van der Waals surface area contributed by atoms with Gasteiger partial charge in [-0.05, 0) is 67.3 Å². The predicted octanol–water partition coefficient (Wildman–Crippen LogP) is 5.12. The third kappa shape index (κ3) is 4.33. The average Bonchev–Trinajstić information content (AvgIpc) is 3.11. The summed E-state index contributed by atoms with van der Waals surface area (Å²) in [7, 11) is 6.79. The summed E-state index contributed by atoms with van der Waals surface area (Å²) in [4.78, 5) is 13.4. The van der Waals surface area contributed by atoms with Crippen LogP contribution in [-0.4, -0.2) is 28.4 Å². The number of anilines is 1. The molecule has 0 saturated carbocycles. The second-order valence-electron chi connectivity index (χ2n) is 8.46. The third-order valence-electron chi connectivity index (χ3n) is 6.56. The first-order valence-corrected chi connectivity index (χ1v) is 11.5. The Morgan fingerprint density at radius 1 is 0.941 bits per heavy atom. The van der Waals surface area contributed by atoms with Crippen LogP contribution in [-0.2, 0) is 6.42 Å². The van der Waals surface area contributed by atoms with Gasteiger partial charge in [-0.1, -0.05) is 36.4 Å². The molecule has 0 fully saturated rings. The van der Waals surface area contributed by atoms with Crippen LogP contribution < -0.4 is 30.3 Å². The molecule has 0 amide bonds. The van der Waals surface area contributed by atoms with Crippen LogP contribution in [0.5, 0.6) is 17.2 Å². The Labute approximate surface area is 200 Å². The van der Waals surface area contributed by atoms with Crippen molar-refractivity contribution in [3.05, 3.63) is 81.5 Å². The van der Waals surface area contributed by atoms with E-state index in [1.165, 1.54) is 0 Å². The van der Waals surface area contributed by atoms with Gasteiger partial charge >= 0.3 is 0 Å². The Hall–Kier alpha value is -3.51. The summed E-state index contributed by atoms with van der Waals surface area (Å²) in [5.74, 6) is 1.79.